The fourth-order valence-electron chi connectivity index (χ4n) is 4.67. The standard InChI is InChI=1S/C26H33N3O3/c1-18-8-9-19(2)21(14-18)23-16-24(22-15-20(31-3)10-11-25(22)32-4)29(27-23)26(30)17-28-12-6-5-7-13-28/h8-11,14-15,24H,5-7,12-13,16-17H2,1-4H3/t24-/m1/s1. The lowest BCUT2D eigenvalue weighted by Gasteiger charge is -2.29. The minimum atomic E-state index is -0.229. The van der Waals surface area contributed by atoms with E-state index < -0.39 is 0 Å². The zero-order chi connectivity index (χ0) is 22.7. The molecule has 2 aliphatic heterocycles. The molecule has 1 amide bonds. The van der Waals surface area contributed by atoms with E-state index in [1.165, 1.54) is 12.0 Å². The highest BCUT2D eigenvalue weighted by Crippen LogP contribution is 2.39. The SMILES string of the molecule is COc1ccc(OC)c([C@H]2CC(c3cc(C)ccc3C)=NN2C(=O)CN2CCCCC2)c1. The number of benzene rings is 2. The Hall–Kier alpha value is -2.86. The largest absolute Gasteiger partial charge is 0.497 e. The lowest BCUT2D eigenvalue weighted by Crippen LogP contribution is -2.40. The summed E-state index contributed by atoms with van der Waals surface area (Å²) in [5, 5.41) is 6.58. The van der Waals surface area contributed by atoms with Gasteiger partial charge in [0.25, 0.3) is 5.91 Å². The summed E-state index contributed by atoms with van der Waals surface area (Å²) in [5.41, 5.74) is 5.30. The Morgan fingerprint density at radius 1 is 1.03 bits per heavy atom. The number of carbonyl (C=O) groups is 1. The molecule has 1 atom stereocenters. The Kier molecular flexibility index (Phi) is 6.80. The predicted octanol–water partition coefficient (Wildman–Crippen LogP) is 4.48. The fourth-order valence-corrected chi connectivity index (χ4v) is 4.67. The monoisotopic (exact) mass is 435 g/mol. The second-order valence-electron chi connectivity index (χ2n) is 8.77. The van der Waals surface area contributed by atoms with Crippen LogP contribution in [0.15, 0.2) is 41.5 Å². The highest BCUT2D eigenvalue weighted by Gasteiger charge is 2.36. The van der Waals surface area contributed by atoms with Crippen LogP contribution in [0.1, 0.15) is 54.0 Å². The summed E-state index contributed by atoms with van der Waals surface area (Å²) in [4.78, 5) is 15.7. The van der Waals surface area contributed by atoms with Crippen molar-refractivity contribution in [1.82, 2.24) is 9.91 Å². The van der Waals surface area contributed by atoms with Crippen LogP contribution >= 0.6 is 0 Å². The molecule has 0 saturated carbocycles. The summed E-state index contributed by atoms with van der Waals surface area (Å²) < 4.78 is 11.1. The van der Waals surface area contributed by atoms with Gasteiger partial charge < -0.3 is 9.47 Å². The smallest absolute Gasteiger partial charge is 0.257 e. The number of carbonyl (C=O) groups excluding carboxylic acids is 1. The van der Waals surface area contributed by atoms with E-state index in [0.717, 1.165) is 59.8 Å². The Morgan fingerprint density at radius 2 is 1.81 bits per heavy atom. The minimum absolute atomic E-state index is 0.0297. The first-order valence-electron chi connectivity index (χ1n) is 11.4. The van der Waals surface area contributed by atoms with Crippen molar-refractivity contribution >= 4 is 11.6 Å². The van der Waals surface area contributed by atoms with Crippen molar-refractivity contribution in [2.75, 3.05) is 33.9 Å². The van der Waals surface area contributed by atoms with Gasteiger partial charge in [-0.3, -0.25) is 9.69 Å². The van der Waals surface area contributed by atoms with E-state index in [2.05, 4.69) is 36.9 Å². The molecule has 0 radical (unpaired) electrons. The Balaban J connectivity index is 1.71. The number of likely N-dealkylation sites (tertiary alicyclic amines) is 1. The van der Waals surface area contributed by atoms with Gasteiger partial charge in [-0.25, -0.2) is 5.01 Å². The number of methoxy groups -OCH3 is 2. The molecule has 1 saturated heterocycles. The third-order valence-electron chi connectivity index (χ3n) is 6.47. The van der Waals surface area contributed by atoms with Gasteiger partial charge >= 0.3 is 0 Å². The molecule has 6 heteroatoms. The van der Waals surface area contributed by atoms with Crippen molar-refractivity contribution in [1.29, 1.82) is 0 Å². The quantitative estimate of drug-likeness (QED) is 0.671. The summed E-state index contributed by atoms with van der Waals surface area (Å²) in [6.07, 6.45) is 4.18. The Bertz CT molecular complexity index is 1010. The van der Waals surface area contributed by atoms with Crippen LogP contribution < -0.4 is 9.47 Å². The average Bonchev–Trinajstić information content (AvgIpc) is 3.26. The van der Waals surface area contributed by atoms with Crippen LogP contribution in [-0.4, -0.2) is 55.4 Å². The Labute approximate surface area is 190 Å². The number of aryl methyl sites for hydroxylation is 2. The Morgan fingerprint density at radius 3 is 2.53 bits per heavy atom. The molecule has 32 heavy (non-hydrogen) atoms. The number of nitrogens with zero attached hydrogens (tertiary/aromatic N) is 3. The van der Waals surface area contributed by atoms with Gasteiger partial charge in [0, 0.05) is 17.5 Å². The molecule has 170 valence electrons. The molecule has 0 aromatic heterocycles. The van der Waals surface area contributed by atoms with E-state index in [4.69, 9.17) is 14.6 Å². The first kappa shape index (κ1) is 22.3. The maximum Gasteiger partial charge on any atom is 0.257 e. The van der Waals surface area contributed by atoms with Crippen molar-refractivity contribution < 1.29 is 14.3 Å². The van der Waals surface area contributed by atoms with Crippen molar-refractivity contribution in [3.05, 3.63) is 58.7 Å². The number of amides is 1. The molecule has 0 spiro atoms. The van der Waals surface area contributed by atoms with E-state index in [1.54, 1.807) is 19.2 Å². The van der Waals surface area contributed by atoms with Gasteiger partial charge in [0.05, 0.1) is 32.5 Å². The highest BCUT2D eigenvalue weighted by molar-refractivity contribution is 6.04. The van der Waals surface area contributed by atoms with E-state index in [1.807, 2.05) is 18.2 Å². The zero-order valence-corrected chi connectivity index (χ0v) is 19.6. The van der Waals surface area contributed by atoms with Crippen LogP contribution in [0.3, 0.4) is 0 Å². The van der Waals surface area contributed by atoms with Crippen LogP contribution in [0, 0.1) is 13.8 Å². The summed E-state index contributed by atoms with van der Waals surface area (Å²) in [5.74, 6) is 1.51. The average molecular weight is 436 g/mol. The van der Waals surface area contributed by atoms with Crippen molar-refractivity contribution in [3.63, 3.8) is 0 Å². The summed E-state index contributed by atoms with van der Waals surface area (Å²) >= 11 is 0. The second-order valence-corrected chi connectivity index (χ2v) is 8.77. The molecule has 4 rings (SSSR count). The van der Waals surface area contributed by atoms with Gasteiger partial charge in [-0.15, -0.1) is 0 Å². The van der Waals surface area contributed by atoms with Crippen molar-refractivity contribution in [2.45, 2.75) is 45.6 Å². The van der Waals surface area contributed by atoms with E-state index in [0.29, 0.717) is 13.0 Å². The topological polar surface area (TPSA) is 54.4 Å². The number of ether oxygens (including phenoxy) is 2. The van der Waals surface area contributed by atoms with Crippen LogP contribution in [-0.2, 0) is 4.79 Å². The van der Waals surface area contributed by atoms with Gasteiger partial charge in [0.2, 0.25) is 0 Å². The van der Waals surface area contributed by atoms with Crippen LogP contribution in [0.4, 0.5) is 0 Å². The molecule has 2 heterocycles. The molecule has 2 aromatic rings. The third kappa shape index (κ3) is 4.65. The molecule has 2 aliphatic rings. The van der Waals surface area contributed by atoms with Crippen molar-refractivity contribution in [2.24, 2.45) is 5.10 Å². The number of piperidine rings is 1. The summed E-state index contributed by atoms with van der Waals surface area (Å²) in [6.45, 7) is 6.52. The van der Waals surface area contributed by atoms with Crippen LogP contribution in [0.25, 0.3) is 0 Å². The zero-order valence-electron chi connectivity index (χ0n) is 19.6. The molecule has 0 N–H and O–H groups in total. The second kappa shape index (κ2) is 9.74. The van der Waals surface area contributed by atoms with Gasteiger partial charge in [-0.1, -0.05) is 24.1 Å². The lowest BCUT2D eigenvalue weighted by molar-refractivity contribution is -0.134. The highest BCUT2D eigenvalue weighted by atomic mass is 16.5. The predicted molar refractivity (Wildman–Crippen MR) is 126 cm³/mol. The first-order valence-corrected chi connectivity index (χ1v) is 11.4. The minimum Gasteiger partial charge on any atom is -0.497 e. The molecule has 2 aromatic carbocycles. The van der Waals surface area contributed by atoms with Gasteiger partial charge in [0.1, 0.15) is 11.5 Å². The molecular weight excluding hydrogens is 402 g/mol. The molecule has 0 aliphatic carbocycles. The molecular formula is C26H33N3O3. The van der Waals surface area contributed by atoms with Crippen LogP contribution in [0.5, 0.6) is 11.5 Å². The first-order chi connectivity index (χ1) is 15.5. The third-order valence-corrected chi connectivity index (χ3v) is 6.47. The molecule has 0 bridgehead atoms. The van der Waals surface area contributed by atoms with Crippen LogP contribution in [0.2, 0.25) is 0 Å². The number of hydrogen-bond acceptors (Lipinski definition) is 5. The number of rotatable bonds is 6. The number of hydrazone groups is 1. The maximum atomic E-state index is 13.5. The van der Waals surface area contributed by atoms with E-state index >= 15 is 0 Å². The summed E-state index contributed by atoms with van der Waals surface area (Å²) in [7, 11) is 3.31. The normalized spacial score (nSPS) is 19.1. The van der Waals surface area contributed by atoms with Gasteiger partial charge in [-0.05, 0) is 69.6 Å². The number of hydrogen-bond donors (Lipinski definition) is 0. The maximum absolute atomic E-state index is 13.5. The molecule has 6 nitrogen and oxygen atoms in total. The van der Waals surface area contributed by atoms with Gasteiger partial charge in [0.15, 0.2) is 0 Å². The van der Waals surface area contributed by atoms with E-state index in [-0.39, 0.29) is 11.9 Å². The lowest BCUT2D eigenvalue weighted by atomic mass is 9.94. The van der Waals surface area contributed by atoms with E-state index in [9.17, 15) is 4.79 Å². The molecule has 0 unspecified atom stereocenters. The van der Waals surface area contributed by atoms with Gasteiger partial charge in [-0.2, -0.15) is 5.10 Å². The fraction of sp³-hybridized carbons (Fsp3) is 0.462. The summed E-state index contributed by atoms with van der Waals surface area (Å²) in [6, 6.07) is 11.9. The van der Waals surface area contributed by atoms with Crippen molar-refractivity contribution in [3.8, 4) is 11.5 Å². The molecule has 1 fully saturated rings.